The zero-order valence-corrected chi connectivity index (χ0v) is 13.8. The van der Waals surface area contributed by atoms with Gasteiger partial charge < -0.3 is 10.6 Å². The normalized spacial score (nSPS) is 21.6. The first-order chi connectivity index (χ1) is 11.7. The Morgan fingerprint density at radius 2 is 2.25 bits per heavy atom. The summed E-state index contributed by atoms with van der Waals surface area (Å²) in [5.74, 6) is 1.02. The SMILES string of the molecule is CCn1nnnc1-c1cccc(NC(=O)C2CC23CCNCC3)c1. The summed E-state index contributed by atoms with van der Waals surface area (Å²) in [6.07, 6.45) is 3.24. The van der Waals surface area contributed by atoms with Gasteiger partial charge in [0.1, 0.15) is 0 Å². The Labute approximate surface area is 140 Å². The molecule has 2 aliphatic rings. The van der Waals surface area contributed by atoms with Crippen molar-refractivity contribution in [2.75, 3.05) is 18.4 Å². The highest BCUT2D eigenvalue weighted by Crippen LogP contribution is 2.58. The topological polar surface area (TPSA) is 84.7 Å². The van der Waals surface area contributed by atoms with E-state index in [0.717, 1.165) is 49.4 Å². The molecule has 2 heterocycles. The largest absolute Gasteiger partial charge is 0.326 e. The van der Waals surface area contributed by atoms with Crippen molar-refractivity contribution in [3.8, 4) is 11.4 Å². The van der Waals surface area contributed by atoms with E-state index in [2.05, 4.69) is 26.2 Å². The Morgan fingerprint density at radius 3 is 3.04 bits per heavy atom. The third-order valence-electron chi connectivity index (χ3n) is 5.33. The fourth-order valence-electron chi connectivity index (χ4n) is 3.79. The van der Waals surface area contributed by atoms with Crippen LogP contribution in [0.1, 0.15) is 26.2 Å². The molecule has 0 bridgehead atoms. The van der Waals surface area contributed by atoms with Gasteiger partial charge in [-0.15, -0.1) is 5.10 Å². The number of hydrogen-bond donors (Lipinski definition) is 2. The molecule has 2 N–H and O–H groups in total. The second-order valence-corrected chi connectivity index (χ2v) is 6.76. The van der Waals surface area contributed by atoms with Gasteiger partial charge in [-0.05, 0) is 67.3 Å². The lowest BCUT2D eigenvalue weighted by Crippen LogP contribution is -2.31. The summed E-state index contributed by atoms with van der Waals surface area (Å²) in [4.78, 5) is 12.6. The standard InChI is InChI=1S/C17H22N6O/c1-2-23-15(20-21-22-23)12-4-3-5-13(10-12)19-16(24)14-11-17(14)6-8-18-9-7-17/h3-5,10,14,18H,2,6-9,11H2,1H3,(H,19,24). The van der Waals surface area contributed by atoms with Crippen molar-refractivity contribution in [2.45, 2.75) is 32.7 Å². The van der Waals surface area contributed by atoms with Crippen LogP contribution in [-0.4, -0.2) is 39.2 Å². The van der Waals surface area contributed by atoms with E-state index in [1.54, 1.807) is 4.68 Å². The molecule has 1 aliphatic heterocycles. The maximum absolute atomic E-state index is 12.6. The van der Waals surface area contributed by atoms with E-state index in [0.29, 0.717) is 6.54 Å². The van der Waals surface area contributed by atoms with Crippen LogP contribution in [0.3, 0.4) is 0 Å². The van der Waals surface area contributed by atoms with Crippen molar-refractivity contribution in [2.24, 2.45) is 11.3 Å². The number of anilines is 1. The van der Waals surface area contributed by atoms with Gasteiger partial charge in [-0.2, -0.15) is 0 Å². The lowest BCUT2D eigenvalue weighted by Gasteiger charge is -2.23. The van der Waals surface area contributed by atoms with Gasteiger partial charge in [0.25, 0.3) is 0 Å². The van der Waals surface area contributed by atoms with E-state index in [1.807, 2.05) is 31.2 Å². The summed E-state index contributed by atoms with van der Waals surface area (Å²) in [6, 6.07) is 7.73. The number of carbonyl (C=O) groups is 1. The molecular formula is C17H22N6O. The number of aromatic nitrogens is 4. The zero-order valence-electron chi connectivity index (χ0n) is 13.8. The van der Waals surface area contributed by atoms with Gasteiger partial charge in [-0.1, -0.05) is 12.1 Å². The van der Waals surface area contributed by atoms with E-state index in [4.69, 9.17) is 0 Å². The van der Waals surface area contributed by atoms with Gasteiger partial charge in [0.2, 0.25) is 5.91 Å². The molecular weight excluding hydrogens is 304 g/mol. The van der Waals surface area contributed by atoms with Crippen molar-refractivity contribution >= 4 is 11.6 Å². The quantitative estimate of drug-likeness (QED) is 0.893. The smallest absolute Gasteiger partial charge is 0.228 e. The van der Waals surface area contributed by atoms with E-state index >= 15 is 0 Å². The van der Waals surface area contributed by atoms with Crippen LogP contribution in [0.2, 0.25) is 0 Å². The molecule has 1 saturated carbocycles. The molecule has 24 heavy (non-hydrogen) atoms. The van der Waals surface area contributed by atoms with E-state index in [9.17, 15) is 4.79 Å². The summed E-state index contributed by atoms with van der Waals surface area (Å²) in [5.41, 5.74) is 1.96. The molecule has 0 radical (unpaired) electrons. The van der Waals surface area contributed by atoms with Gasteiger partial charge in [-0.3, -0.25) is 4.79 Å². The molecule has 1 atom stereocenters. The van der Waals surface area contributed by atoms with Crippen LogP contribution in [0.5, 0.6) is 0 Å². The monoisotopic (exact) mass is 326 g/mol. The van der Waals surface area contributed by atoms with Crippen LogP contribution in [0.4, 0.5) is 5.69 Å². The van der Waals surface area contributed by atoms with Gasteiger partial charge in [0.15, 0.2) is 5.82 Å². The first kappa shape index (κ1) is 15.3. The predicted molar refractivity (Wildman–Crippen MR) is 90.2 cm³/mol. The summed E-state index contributed by atoms with van der Waals surface area (Å²) >= 11 is 0. The van der Waals surface area contributed by atoms with Crippen LogP contribution in [-0.2, 0) is 11.3 Å². The maximum Gasteiger partial charge on any atom is 0.228 e. The Bertz CT molecular complexity index is 749. The number of tetrazole rings is 1. The number of piperidine rings is 1. The number of nitrogens with one attached hydrogen (secondary N) is 2. The summed E-state index contributed by atoms with van der Waals surface area (Å²) in [6.45, 7) is 4.76. The molecule has 1 aromatic heterocycles. The molecule has 4 rings (SSSR count). The summed E-state index contributed by atoms with van der Waals surface area (Å²) in [5, 5.41) is 18.2. The average molecular weight is 326 g/mol. The fraction of sp³-hybridized carbons (Fsp3) is 0.529. The molecule has 1 unspecified atom stereocenters. The molecule has 2 fully saturated rings. The third kappa shape index (κ3) is 2.69. The number of nitrogens with zero attached hydrogens (tertiary/aromatic N) is 4. The Hall–Kier alpha value is -2.28. The fourth-order valence-corrected chi connectivity index (χ4v) is 3.79. The van der Waals surface area contributed by atoms with Crippen LogP contribution < -0.4 is 10.6 Å². The zero-order chi connectivity index (χ0) is 16.6. The molecule has 1 aliphatic carbocycles. The maximum atomic E-state index is 12.6. The van der Waals surface area contributed by atoms with Gasteiger partial charge >= 0.3 is 0 Å². The molecule has 126 valence electrons. The van der Waals surface area contributed by atoms with Gasteiger partial charge in [0.05, 0.1) is 0 Å². The first-order valence-electron chi connectivity index (χ1n) is 8.60. The molecule has 7 heteroatoms. The van der Waals surface area contributed by atoms with Crippen LogP contribution in [0.25, 0.3) is 11.4 Å². The van der Waals surface area contributed by atoms with Crippen molar-refractivity contribution in [1.82, 2.24) is 25.5 Å². The molecule has 1 aromatic carbocycles. The van der Waals surface area contributed by atoms with Crippen LogP contribution in [0.15, 0.2) is 24.3 Å². The number of carbonyl (C=O) groups excluding carboxylic acids is 1. The van der Waals surface area contributed by atoms with Crippen LogP contribution in [0, 0.1) is 11.3 Å². The highest BCUT2D eigenvalue weighted by Gasteiger charge is 2.57. The first-order valence-corrected chi connectivity index (χ1v) is 8.60. The highest BCUT2D eigenvalue weighted by atomic mass is 16.2. The summed E-state index contributed by atoms with van der Waals surface area (Å²) < 4.78 is 1.74. The lowest BCUT2D eigenvalue weighted by atomic mass is 9.92. The molecule has 2 aromatic rings. The molecule has 7 nitrogen and oxygen atoms in total. The second-order valence-electron chi connectivity index (χ2n) is 6.76. The van der Waals surface area contributed by atoms with Gasteiger partial charge in [-0.25, -0.2) is 4.68 Å². The minimum absolute atomic E-state index is 0.143. The van der Waals surface area contributed by atoms with Crippen molar-refractivity contribution in [1.29, 1.82) is 0 Å². The molecule has 1 saturated heterocycles. The Balaban J connectivity index is 1.48. The van der Waals surface area contributed by atoms with Crippen molar-refractivity contribution in [3.05, 3.63) is 24.3 Å². The summed E-state index contributed by atoms with van der Waals surface area (Å²) in [7, 11) is 0. The second kappa shape index (κ2) is 5.98. The van der Waals surface area contributed by atoms with Crippen LogP contribution >= 0.6 is 0 Å². The predicted octanol–water partition coefficient (Wildman–Crippen LogP) is 1.69. The number of benzene rings is 1. The number of rotatable bonds is 4. The van der Waals surface area contributed by atoms with E-state index in [-0.39, 0.29) is 17.2 Å². The van der Waals surface area contributed by atoms with Crippen molar-refractivity contribution in [3.63, 3.8) is 0 Å². The van der Waals surface area contributed by atoms with Crippen molar-refractivity contribution < 1.29 is 4.79 Å². The van der Waals surface area contributed by atoms with E-state index in [1.165, 1.54) is 0 Å². The Kier molecular flexibility index (Phi) is 3.80. The number of amides is 1. The third-order valence-corrected chi connectivity index (χ3v) is 5.33. The number of aryl methyl sites for hydroxylation is 1. The average Bonchev–Trinajstić information content (AvgIpc) is 3.08. The molecule has 1 amide bonds. The minimum Gasteiger partial charge on any atom is -0.326 e. The lowest BCUT2D eigenvalue weighted by molar-refractivity contribution is -0.118. The number of hydrogen-bond acceptors (Lipinski definition) is 5. The Morgan fingerprint density at radius 1 is 1.42 bits per heavy atom. The van der Waals surface area contributed by atoms with E-state index < -0.39 is 0 Å². The molecule has 1 spiro atoms. The highest BCUT2D eigenvalue weighted by molar-refractivity contribution is 5.95. The minimum atomic E-state index is 0.143. The van der Waals surface area contributed by atoms with Gasteiger partial charge in [0, 0.05) is 23.7 Å².